The Bertz CT molecular complexity index is 1040. The van der Waals surface area contributed by atoms with Crippen molar-refractivity contribution in [2.75, 3.05) is 0 Å². The van der Waals surface area contributed by atoms with Gasteiger partial charge in [-0.15, -0.1) is 0 Å². The van der Waals surface area contributed by atoms with Crippen molar-refractivity contribution >= 4 is 11.9 Å². The Kier molecular flexibility index (Phi) is 5.16. The number of hydrogen-bond donors (Lipinski definition) is 0. The molecule has 0 atom stereocenters. The molecule has 6 heteroatoms. The van der Waals surface area contributed by atoms with Crippen LogP contribution in [-0.4, -0.2) is 15.6 Å². The normalized spacial score (nSPS) is 11.1. The van der Waals surface area contributed by atoms with Gasteiger partial charge in [-0.1, -0.05) is 24.3 Å². The van der Waals surface area contributed by atoms with Crippen LogP contribution in [0.2, 0.25) is 0 Å². The molecule has 0 saturated carbocycles. The van der Waals surface area contributed by atoms with Crippen molar-refractivity contribution in [2.45, 2.75) is 13.8 Å². The quantitative estimate of drug-likeness (QED) is 0.470. The monoisotopic (exact) mass is 368 g/mol. The molecule has 0 N–H and O–H groups in total. The summed E-state index contributed by atoms with van der Waals surface area (Å²) in [5.41, 5.74) is 2.43. The van der Waals surface area contributed by atoms with Crippen molar-refractivity contribution in [3.8, 4) is 11.5 Å². The Morgan fingerprint density at radius 3 is 2.41 bits per heavy atom. The average molecular weight is 368 g/mol. The lowest BCUT2D eigenvalue weighted by atomic mass is 10.1. The Labute approximate surface area is 155 Å². The van der Waals surface area contributed by atoms with E-state index < -0.39 is 11.6 Å². The molecule has 0 spiro atoms. The van der Waals surface area contributed by atoms with Crippen LogP contribution in [0.25, 0.3) is 6.08 Å². The van der Waals surface area contributed by atoms with Crippen molar-refractivity contribution in [2.24, 2.45) is 7.05 Å². The number of aryl methyl sites for hydroxylation is 2. The van der Waals surface area contributed by atoms with Crippen LogP contribution < -0.4 is 4.74 Å². The highest BCUT2D eigenvalue weighted by molar-refractivity contribution is 6.08. The molecule has 0 bridgehead atoms. The van der Waals surface area contributed by atoms with Crippen LogP contribution in [0.5, 0.6) is 11.5 Å². The van der Waals surface area contributed by atoms with Gasteiger partial charge in [0.1, 0.15) is 0 Å². The van der Waals surface area contributed by atoms with Gasteiger partial charge >= 0.3 is 0 Å². The first-order valence-corrected chi connectivity index (χ1v) is 8.31. The van der Waals surface area contributed by atoms with E-state index in [2.05, 4.69) is 5.10 Å². The number of rotatable bonds is 5. The predicted molar refractivity (Wildman–Crippen MR) is 98.9 cm³/mol. The third-order valence-corrected chi connectivity index (χ3v) is 4.20. The van der Waals surface area contributed by atoms with E-state index in [9.17, 15) is 13.6 Å². The highest BCUT2D eigenvalue weighted by Gasteiger charge is 2.15. The van der Waals surface area contributed by atoms with E-state index in [-0.39, 0.29) is 17.3 Å². The van der Waals surface area contributed by atoms with E-state index in [0.717, 1.165) is 5.69 Å². The summed E-state index contributed by atoms with van der Waals surface area (Å²) in [7, 11) is 1.77. The molecule has 138 valence electrons. The molecule has 2 aromatic carbocycles. The molecular formula is C21H18F2N2O2. The van der Waals surface area contributed by atoms with Crippen LogP contribution in [0.4, 0.5) is 8.78 Å². The molecule has 0 aliphatic heterocycles. The molecule has 27 heavy (non-hydrogen) atoms. The minimum absolute atomic E-state index is 0.0580. The second-order valence-corrected chi connectivity index (χ2v) is 6.09. The van der Waals surface area contributed by atoms with Crippen LogP contribution >= 0.6 is 0 Å². The van der Waals surface area contributed by atoms with Crippen molar-refractivity contribution in [1.29, 1.82) is 0 Å². The first-order chi connectivity index (χ1) is 12.9. The van der Waals surface area contributed by atoms with E-state index in [4.69, 9.17) is 4.74 Å². The van der Waals surface area contributed by atoms with Crippen molar-refractivity contribution in [3.05, 3.63) is 82.7 Å². The van der Waals surface area contributed by atoms with Crippen LogP contribution in [0.15, 0.2) is 48.5 Å². The van der Waals surface area contributed by atoms with Crippen LogP contribution in [-0.2, 0) is 7.05 Å². The number of halogens is 2. The summed E-state index contributed by atoms with van der Waals surface area (Å²) in [6.45, 7) is 3.58. The van der Waals surface area contributed by atoms with Gasteiger partial charge < -0.3 is 4.74 Å². The zero-order valence-electron chi connectivity index (χ0n) is 15.2. The zero-order valence-corrected chi connectivity index (χ0v) is 15.2. The number of carbonyl (C=O) groups excluding carboxylic acids is 1. The summed E-state index contributed by atoms with van der Waals surface area (Å²) < 4.78 is 34.8. The molecule has 0 saturated heterocycles. The fraction of sp³-hybridized carbons (Fsp3) is 0.143. The van der Waals surface area contributed by atoms with Crippen molar-refractivity contribution in [3.63, 3.8) is 0 Å². The highest BCUT2D eigenvalue weighted by atomic mass is 19.1. The largest absolute Gasteiger partial charge is 0.451 e. The summed E-state index contributed by atoms with van der Waals surface area (Å²) in [4.78, 5) is 12.4. The fourth-order valence-corrected chi connectivity index (χ4v) is 2.73. The third kappa shape index (κ3) is 3.95. The molecule has 0 radical (unpaired) electrons. The van der Waals surface area contributed by atoms with Gasteiger partial charge in [0.2, 0.25) is 0 Å². The smallest absolute Gasteiger partial charge is 0.189 e. The van der Waals surface area contributed by atoms with Crippen LogP contribution in [0.1, 0.15) is 27.3 Å². The molecule has 3 rings (SSSR count). The second kappa shape index (κ2) is 7.53. The lowest BCUT2D eigenvalue weighted by Crippen LogP contribution is -1.99. The number of allylic oxidation sites excluding steroid dienone is 1. The summed E-state index contributed by atoms with van der Waals surface area (Å²) in [5, 5.41) is 4.21. The molecular weight excluding hydrogens is 350 g/mol. The number of ketones is 1. The van der Waals surface area contributed by atoms with Gasteiger partial charge in [0.05, 0.1) is 11.3 Å². The van der Waals surface area contributed by atoms with Gasteiger partial charge in [-0.3, -0.25) is 9.48 Å². The summed E-state index contributed by atoms with van der Waals surface area (Å²) in [6.07, 6.45) is 2.90. The highest BCUT2D eigenvalue weighted by Crippen LogP contribution is 2.27. The number of ether oxygens (including phenoxy) is 1. The molecule has 0 amide bonds. The number of para-hydroxylation sites is 1. The maximum absolute atomic E-state index is 14.3. The standard InChI is InChI=1S/C21H18F2N2O2/c1-13-21(14(2)25(3)24-13)18(26)10-8-15-9-11-20(17(23)12-15)27-19-7-5-4-6-16(19)22/h4-12H,1-3H3/b10-8+. The fourth-order valence-electron chi connectivity index (χ4n) is 2.73. The van der Waals surface area contributed by atoms with Gasteiger partial charge in [0.25, 0.3) is 0 Å². The SMILES string of the molecule is Cc1nn(C)c(C)c1C(=O)/C=C/c1ccc(Oc2ccccc2F)c(F)c1. The van der Waals surface area contributed by atoms with Gasteiger partial charge in [-0.2, -0.15) is 5.10 Å². The minimum atomic E-state index is -0.651. The molecule has 0 aliphatic rings. The van der Waals surface area contributed by atoms with E-state index >= 15 is 0 Å². The molecule has 4 nitrogen and oxygen atoms in total. The van der Waals surface area contributed by atoms with Crippen LogP contribution in [0.3, 0.4) is 0 Å². The summed E-state index contributed by atoms with van der Waals surface area (Å²) in [6, 6.07) is 9.98. The number of nitrogens with zero attached hydrogens (tertiary/aromatic N) is 2. The maximum Gasteiger partial charge on any atom is 0.189 e. The number of hydrogen-bond acceptors (Lipinski definition) is 3. The Hall–Kier alpha value is -3.28. The van der Waals surface area contributed by atoms with Crippen LogP contribution in [0, 0.1) is 25.5 Å². The van der Waals surface area contributed by atoms with E-state index in [1.165, 1.54) is 42.5 Å². The zero-order chi connectivity index (χ0) is 19.6. The van der Waals surface area contributed by atoms with E-state index in [1.54, 1.807) is 30.8 Å². The lowest BCUT2D eigenvalue weighted by molar-refractivity contribution is 0.104. The first-order valence-electron chi connectivity index (χ1n) is 8.31. The van der Waals surface area contributed by atoms with Gasteiger partial charge in [-0.05, 0) is 49.8 Å². The molecule has 0 aliphatic carbocycles. The molecule has 1 heterocycles. The minimum Gasteiger partial charge on any atom is -0.451 e. The summed E-state index contributed by atoms with van der Waals surface area (Å²) in [5.74, 6) is -1.58. The summed E-state index contributed by atoms with van der Waals surface area (Å²) >= 11 is 0. The third-order valence-electron chi connectivity index (χ3n) is 4.20. The van der Waals surface area contributed by atoms with Crippen molar-refractivity contribution in [1.82, 2.24) is 9.78 Å². The Morgan fingerprint density at radius 1 is 1.07 bits per heavy atom. The average Bonchev–Trinajstić information content (AvgIpc) is 2.89. The van der Waals surface area contributed by atoms with E-state index in [0.29, 0.717) is 16.8 Å². The lowest BCUT2D eigenvalue weighted by Gasteiger charge is -2.08. The Morgan fingerprint density at radius 2 is 1.78 bits per heavy atom. The predicted octanol–water partition coefficient (Wildman–Crippen LogP) is 5.00. The first kappa shape index (κ1) is 18.5. The number of aromatic nitrogens is 2. The number of benzene rings is 2. The van der Waals surface area contributed by atoms with Gasteiger partial charge in [0.15, 0.2) is 28.9 Å². The second-order valence-electron chi connectivity index (χ2n) is 6.09. The topological polar surface area (TPSA) is 44.1 Å². The van der Waals surface area contributed by atoms with E-state index in [1.807, 2.05) is 6.92 Å². The van der Waals surface area contributed by atoms with Crippen molar-refractivity contribution < 1.29 is 18.3 Å². The number of carbonyl (C=O) groups is 1. The Balaban J connectivity index is 1.78. The molecule has 0 fully saturated rings. The maximum atomic E-state index is 14.3. The molecule has 0 unspecified atom stereocenters. The van der Waals surface area contributed by atoms with Gasteiger partial charge in [0, 0.05) is 12.7 Å². The van der Waals surface area contributed by atoms with Gasteiger partial charge in [-0.25, -0.2) is 8.78 Å². The molecule has 1 aromatic heterocycles. The molecule has 3 aromatic rings.